The number of nitrogens with two attached hydrogens (primary N) is 1. The highest BCUT2D eigenvalue weighted by molar-refractivity contribution is 7.81. The molecule has 1 aliphatic carbocycles. The van der Waals surface area contributed by atoms with Crippen LogP contribution in [0.4, 0.5) is 20.4 Å². The van der Waals surface area contributed by atoms with Crippen LogP contribution in [0.3, 0.4) is 0 Å². The standard InChI is InChI=1S/C27H30F2N6OS/c1-14(2)36-18-10-20(28)25(21(29)11-18)23-5-4-17-12-32-27(35(17)34-23)33-24-13-31-7-6-19(24)16-8-15(3)26(37)22(30)9-16/h4-7,10-16,22,26,37H,8-9,30H2,1-3H3,(H,32,33)/t15-,16+,22+,26+/m0/s1. The largest absolute Gasteiger partial charge is 0.491 e. The average Bonchev–Trinajstić information content (AvgIpc) is 3.24. The third-order valence-electron chi connectivity index (χ3n) is 6.80. The maximum atomic E-state index is 14.9. The lowest BCUT2D eigenvalue weighted by Crippen LogP contribution is -2.41. The van der Waals surface area contributed by atoms with E-state index in [0.717, 1.165) is 24.1 Å². The van der Waals surface area contributed by atoms with Gasteiger partial charge in [0, 0.05) is 29.6 Å². The molecule has 0 amide bonds. The fourth-order valence-electron chi connectivity index (χ4n) is 5.05. The fraction of sp³-hybridized carbons (Fsp3) is 0.370. The minimum absolute atomic E-state index is 0.00306. The van der Waals surface area contributed by atoms with Crippen molar-refractivity contribution in [1.82, 2.24) is 19.6 Å². The Morgan fingerprint density at radius 3 is 2.59 bits per heavy atom. The number of hydrogen-bond acceptors (Lipinski definition) is 7. The van der Waals surface area contributed by atoms with Crippen LogP contribution in [0.1, 0.15) is 45.1 Å². The lowest BCUT2D eigenvalue weighted by molar-refractivity contribution is 0.240. The number of fused-ring (bicyclic) bond motifs is 1. The van der Waals surface area contributed by atoms with Gasteiger partial charge in [0.25, 0.3) is 0 Å². The first-order valence-corrected chi connectivity index (χ1v) is 12.9. The van der Waals surface area contributed by atoms with Crippen LogP contribution >= 0.6 is 12.6 Å². The number of hydrogen-bond donors (Lipinski definition) is 3. The highest BCUT2D eigenvalue weighted by atomic mass is 32.1. The van der Waals surface area contributed by atoms with Crippen LogP contribution in [0, 0.1) is 17.6 Å². The zero-order valence-electron chi connectivity index (χ0n) is 20.9. The van der Waals surface area contributed by atoms with Crippen molar-refractivity contribution < 1.29 is 13.5 Å². The van der Waals surface area contributed by atoms with Crippen molar-refractivity contribution in [3.63, 3.8) is 0 Å². The summed E-state index contributed by atoms with van der Waals surface area (Å²) in [5, 5.41) is 8.01. The number of ether oxygens (including phenoxy) is 1. The third kappa shape index (κ3) is 5.13. The molecule has 0 bridgehead atoms. The van der Waals surface area contributed by atoms with E-state index < -0.39 is 11.6 Å². The number of imidazole rings is 1. The molecule has 1 fully saturated rings. The van der Waals surface area contributed by atoms with Gasteiger partial charge >= 0.3 is 0 Å². The molecule has 5 rings (SSSR count). The van der Waals surface area contributed by atoms with Crippen molar-refractivity contribution >= 4 is 29.8 Å². The van der Waals surface area contributed by atoms with Crippen molar-refractivity contribution in [1.29, 1.82) is 0 Å². The van der Waals surface area contributed by atoms with Gasteiger partial charge in [0.2, 0.25) is 5.95 Å². The van der Waals surface area contributed by atoms with Gasteiger partial charge in [-0.3, -0.25) is 4.98 Å². The summed E-state index contributed by atoms with van der Waals surface area (Å²) in [6, 6.07) is 7.62. The Hall–Kier alpha value is -3.24. The maximum absolute atomic E-state index is 14.9. The second-order valence-corrected chi connectivity index (χ2v) is 10.5. The quantitative estimate of drug-likeness (QED) is 0.279. The summed E-state index contributed by atoms with van der Waals surface area (Å²) in [7, 11) is 0. The van der Waals surface area contributed by atoms with E-state index in [1.807, 2.05) is 6.07 Å². The van der Waals surface area contributed by atoms with Crippen molar-refractivity contribution in [2.45, 2.75) is 56.9 Å². The van der Waals surface area contributed by atoms with E-state index in [1.54, 1.807) is 44.6 Å². The van der Waals surface area contributed by atoms with Gasteiger partial charge in [-0.05, 0) is 62.3 Å². The first kappa shape index (κ1) is 25.4. The molecule has 37 heavy (non-hydrogen) atoms. The molecule has 1 aliphatic rings. The molecule has 1 saturated carbocycles. The normalized spacial score (nSPS) is 21.9. The van der Waals surface area contributed by atoms with Gasteiger partial charge in [-0.1, -0.05) is 6.92 Å². The fourth-order valence-corrected chi connectivity index (χ4v) is 5.29. The van der Waals surface area contributed by atoms with Gasteiger partial charge in [0.1, 0.15) is 17.4 Å². The number of anilines is 2. The topological polar surface area (TPSA) is 90.4 Å². The molecular weight excluding hydrogens is 494 g/mol. The SMILES string of the molecule is CC(C)Oc1cc(F)c(-c2ccc3cnc(Nc4cnccc4[C@H]4C[C@@H](N)[C@H](S)[C@@H](C)C4)n3n2)c(F)c1. The van der Waals surface area contributed by atoms with Gasteiger partial charge in [0.15, 0.2) is 0 Å². The second kappa shape index (κ2) is 10.3. The Labute approximate surface area is 219 Å². The summed E-state index contributed by atoms with van der Waals surface area (Å²) in [4.78, 5) is 8.76. The molecule has 1 aromatic carbocycles. The molecular formula is C27H30F2N6OS. The van der Waals surface area contributed by atoms with Crippen molar-refractivity contribution in [3.05, 3.63) is 66.1 Å². The van der Waals surface area contributed by atoms with Crippen LogP contribution in [0.25, 0.3) is 16.8 Å². The predicted molar refractivity (Wildman–Crippen MR) is 144 cm³/mol. The van der Waals surface area contributed by atoms with Crippen LogP contribution in [0.15, 0.2) is 48.9 Å². The van der Waals surface area contributed by atoms with E-state index in [2.05, 4.69) is 39.9 Å². The molecule has 3 N–H and O–H groups in total. The summed E-state index contributed by atoms with van der Waals surface area (Å²) >= 11 is 4.68. The Bertz CT molecular complexity index is 1390. The van der Waals surface area contributed by atoms with E-state index in [0.29, 0.717) is 17.4 Å². The van der Waals surface area contributed by atoms with E-state index in [9.17, 15) is 8.78 Å². The number of nitrogens with zero attached hydrogens (tertiary/aromatic N) is 4. The molecule has 10 heteroatoms. The lowest BCUT2D eigenvalue weighted by Gasteiger charge is -2.37. The van der Waals surface area contributed by atoms with Gasteiger partial charge in [-0.15, -0.1) is 0 Å². The molecule has 4 atom stereocenters. The zero-order valence-corrected chi connectivity index (χ0v) is 21.8. The van der Waals surface area contributed by atoms with Gasteiger partial charge < -0.3 is 15.8 Å². The van der Waals surface area contributed by atoms with Gasteiger partial charge in [-0.2, -0.15) is 22.2 Å². The Morgan fingerprint density at radius 2 is 1.89 bits per heavy atom. The summed E-state index contributed by atoms with van der Waals surface area (Å²) in [5.74, 6) is -0.356. The molecule has 0 aliphatic heterocycles. The van der Waals surface area contributed by atoms with Crippen molar-refractivity contribution in [2.75, 3.05) is 5.32 Å². The number of thiol groups is 1. The Balaban J connectivity index is 1.48. The highest BCUT2D eigenvalue weighted by Gasteiger charge is 2.33. The predicted octanol–water partition coefficient (Wildman–Crippen LogP) is 5.74. The van der Waals surface area contributed by atoms with Crippen molar-refractivity contribution in [3.8, 4) is 17.0 Å². The molecule has 7 nitrogen and oxygen atoms in total. The highest BCUT2D eigenvalue weighted by Crippen LogP contribution is 2.40. The average molecular weight is 525 g/mol. The number of halogens is 2. The molecule has 0 radical (unpaired) electrons. The monoisotopic (exact) mass is 524 g/mol. The number of benzene rings is 1. The van der Waals surface area contributed by atoms with Crippen LogP contribution in [0.2, 0.25) is 0 Å². The van der Waals surface area contributed by atoms with E-state index in [1.165, 1.54) is 16.6 Å². The molecule has 3 heterocycles. The summed E-state index contributed by atoms with van der Waals surface area (Å²) in [6.07, 6.45) is 6.73. The van der Waals surface area contributed by atoms with Crippen molar-refractivity contribution in [2.24, 2.45) is 11.7 Å². The van der Waals surface area contributed by atoms with Crippen LogP contribution in [-0.4, -0.2) is 37.0 Å². The molecule has 4 aromatic rings. The molecule has 0 unspecified atom stereocenters. The van der Waals surface area contributed by atoms with E-state index in [4.69, 9.17) is 10.5 Å². The molecule has 194 valence electrons. The number of rotatable bonds is 6. The minimum atomic E-state index is -0.753. The smallest absolute Gasteiger partial charge is 0.229 e. The number of nitrogens with one attached hydrogen (secondary N) is 1. The summed E-state index contributed by atoms with van der Waals surface area (Å²) < 4.78 is 36.9. The maximum Gasteiger partial charge on any atom is 0.229 e. The summed E-state index contributed by atoms with van der Waals surface area (Å²) in [6.45, 7) is 5.76. The lowest BCUT2D eigenvalue weighted by atomic mass is 9.76. The Morgan fingerprint density at radius 1 is 1.14 bits per heavy atom. The molecule has 3 aromatic heterocycles. The zero-order chi connectivity index (χ0) is 26.3. The van der Waals surface area contributed by atoms with Crippen LogP contribution in [0.5, 0.6) is 5.75 Å². The third-order valence-corrected chi connectivity index (χ3v) is 7.70. The number of pyridine rings is 1. The summed E-state index contributed by atoms with van der Waals surface area (Å²) in [5.41, 5.74) is 8.83. The Kier molecular flexibility index (Phi) is 7.04. The van der Waals surface area contributed by atoms with Gasteiger partial charge in [0.05, 0.1) is 41.0 Å². The van der Waals surface area contributed by atoms with Gasteiger partial charge in [-0.25, -0.2) is 13.8 Å². The number of aromatic nitrogens is 4. The van der Waals surface area contributed by atoms with Crippen LogP contribution < -0.4 is 15.8 Å². The first-order valence-electron chi connectivity index (χ1n) is 12.4. The first-order chi connectivity index (χ1) is 17.7. The van der Waals surface area contributed by atoms with E-state index >= 15 is 0 Å². The second-order valence-electron chi connectivity index (χ2n) is 9.95. The minimum Gasteiger partial charge on any atom is -0.491 e. The van der Waals surface area contributed by atoms with E-state index in [-0.39, 0.29) is 40.3 Å². The molecule has 0 saturated heterocycles. The molecule has 0 spiro atoms. The van der Waals surface area contributed by atoms with Crippen LogP contribution in [-0.2, 0) is 0 Å².